The molecule has 0 spiro atoms. The van der Waals surface area contributed by atoms with Crippen LogP contribution in [0.4, 0.5) is 5.69 Å². The van der Waals surface area contributed by atoms with Crippen molar-refractivity contribution in [1.82, 2.24) is 9.55 Å². The van der Waals surface area contributed by atoms with Crippen LogP contribution >= 0.6 is 11.6 Å². The SMILES string of the molecule is CCc1nccn1-c1ccc([N+](=O)[O-])cc1CCl. The van der Waals surface area contributed by atoms with Crippen molar-refractivity contribution >= 4 is 17.3 Å². The minimum atomic E-state index is -0.422. The Morgan fingerprint density at radius 2 is 2.28 bits per heavy atom. The Kier molecular flexibility index (Phi) is 3.62. The fraction of sp³-hybridized carbons (Fsp3) is 0.250. The maximum atomic E-state index is 10.7. The number of nitrogens with zero attached hydrogens (tertiary/aromatic N) is 3. The Morgan fingerprint density at radius 1 is 1.50 bits per heavy atom. The summed E-state index contributed by atoms with van der Waals surface area (Å²) in [5.74, 6) is 1.12. The van der Waals surface area contributed by atoms with E-state index in [0.717, 1.165) is 23.5 Å². The van der Waals surface area contributed by atoms with Crippen molar-refractivity contribution in [1.29, 1.82) is 0 Å². The summed E-state index contributed by atoms with van der Waals surface area (Å²) in [5, 5.41) is 10.7. The summed E-state index contributed by atoms with van der Waals surface area (Å²) < 4.78 is 1.90. The van der Waals surface area contributed by atoms with Crippen molar-refractivity contribution in [2.45, 2.75) is 19.2 Å². The number of benzene rings is 1. The van der Waals surface area contributed by atoms with Crippen LogP contribution < -0.4 is 0 Å². The highest BCUT2D eigenvalue weighted by atomic mass is 35.5. The minimum absolute atomic E-state index is 0.0487. The lowest BCUT2D eigenvalue weighted by atomic mass is 10.1. The molecular weight excluding hydrogens is 254 g/mol. The molecule has 1 aromatic heterocycles. The number of alkyl halides is 1. The van der Waals surface area contributed by atoms with Crippen LogP contribution in [0.2, 0.25) is 0 Å². The fourth-order valence-electron chi connectivity index (χ4n) is 1.84. The van der Waals surface area contributed by atoms with E-state index in [0.29, 0.717) is 0 Å². The topological polar surface area (TPSA) is 61.0 Å². The Morgan fingerprint density at radius 3 is 2.89 bits per heavy atom. The van der Waals surface area contributed by atoms with Gasteiger partial charge >= 0.3 is 0 Å². The Bertz CT molecular complexity index is 580. The molecule has 0 amide bonds. The summed E-state index contributed by atoms with van der Waals surface area (Å²) in [4.78, 5) is 14.5. The molecular formula is C12H12ClN3O2. The standard InChI is InChI=1S/C12H12ClN3O2/c1-2-12-14-5-6-15(12)11-4-3-10(16(17)18)7-9(11)8-13/h3-7H,2,8H2,1H3. The number of imidazole rings is 1. The van der Waals surface area contributed by atoms with Gasteiger partial charge in [0.15, 0.2) is 0 Å². The lowest BCUT2D eigenvalue weighted by Gasteiger charge is -2.10. The van der Waals surface area contributed by atoms with Crippen LogP contribution in [0.1, 0.15) is 18.3 Å². The number of nitro benzene ring substituents is 1. The molecule has 18 heavy (non-hydrogen) atoms. The van der Waals surface area contributed by atoms with E-state index < -0.39 is 4.92 Å². The molecule has 0 fully saturated rings. The third kappa shape index (κ3) is 2.22. The number of nitro groups is 1. The van der Waals surface area contributed by atoms with Crippen molar-refractivity contribution in [3.8, 4) is 5.69 Å². The molecule has 0 N–H and O–H groups in total. The molecule has 0 saturated carbocycles. The van der Waals surface area contributed by atoms with Gasteiger partial charge in [0.25, 0.3) is 5.69 Å². The molecule has 0 aliphatic heterocycles. The first-order chi connectivity index (χ1) is 8.67. The zero-order chi connectivity index (χ0) is 13.1. The van der Waals surface area contributed by atoms with Gasteiger partial charge < -0.3 is 4.57 Å². The lowest BCUT2D eigenvalue weighted by molar-refractivity contribution is -0.384. The van der Waals surface area contributed by atoms with E-state index in [4.69, 9.17) is 11.6 Å². The number of non-ortho nitro benzene ring substituents is 1. The maximum Gasteiger partial charge on any atom is 0.269 e. The molecule has 0 aliphatic rings. The van der Waals surface area contributed by atoms with Gasteiger partial charge in [0.05, 0.1) is 10.6 Å². The van der Waals surface area contributed by atoms with Gasteiger partial charge in [-0.2, -0.15) is 0 Å². The zero-order valence-electron chi connectivity index (χ0n) is 9.84. The fourth-order valence-corrected chi connectivity index (χ4v) is 2.06. The number of rotatable bonds is 4. The molecule has 0 aliphatic carbocycles. The first-order valence-corrected chi connectivity index (χ1v) is 6.06. The summed E-state index contributed by atoms with van der Waals surface area (Å²) in [6, 6.07) is 4.68. The molecule has 2 rings (SSSR count). The van der Waals surface area contributed by atoms with Gasteiger partial charge in [0.1, 0.15) is 5.82 Å². The maximum absolute atomic E-state index is 10.7. The minimum Gasteiger partial charge on any atom is -0.303 e. The molecule has 5 nitrogen and oxygen atoms in total. The summed E-state index contributed by atoms with van der Waals surface area (Å²) in [6.45, 7) is 2.00. The first-order valence-electron chi connectivity index (χ1n) is 5.53. The molecule has 0 unspecified atom stereocenters. The summed E-state index contributed by atoms with van der Waals surface area (Å²) in [5.41, 5.74) is 1.61. The smallest absolute Gasteiger partial charge is 0.269 e. The number of aromatic nitrogens is 2. The lowest BCUT2D eigenvalue weighted by Crippen LogP contribution is -2.03. The van der Waals surface area contributed by atoms with Crippen molar-refractivity contribution in [3.63, 3.8) is 0 Å². The summed E-state index contributed by atoms with van der Waals surface area (Å²) in [7, 11) is 0. The van der Waals surface area contributed by atoms with Gasteiger partial charge in [-0.3, -0.25) is 10.1 Å². The molecule has 0 bridgehead atoms. The van der Waals surface area contributed by atoms with Gasteiger partial charge in [-0.15, -0.1) is 11.6 Å². The van der Waals surface area contributed by atoms with Crippen LogP contribution in [-0.4, -0.2) is 14.5 Å². The van der Waals surface area contributed by atoms with E-state index >= 15 is 0 Å². The monoisotopic (exact) mass is 265 g/mol. The normalized spacial score (nSPS) is 10.6. The Hall–Kier alpha value is -1.88. The van der Waals surface area contributed by atoms with Crippen LogP contribution in [0.5, 0.6) is 0 Å². The van der Waals surface area contributed by atoms with Crippen molar-refractivity contribution in [3.05, 3.63) is 52.1 Å². The zero-order valence-corrected chi connectivity index (χ0v) is 10.6. The van der Waals surface area contributed by atoms with E-state index in [-0.39, 0.29) is 11.6 Å². The average Bonchev–Trinajstić information content (AvgIpc) is 2.85. The van der Waals surface area contributed by atoms with Crippen LogP contribution in [-0.2, 0) is 12.3 Å². The van der Waals surface area contributed by atoms with Gasteiger partial charge in [-0.25, -0.2) is 4.98 Å². The average molecular weight is 266 g/mol. The van der Waals surface area contributed by atoms with Crippen LogP contribution in [0, 0.1) is 10.1 Å². The molecule has 0 atom stereocenters. The van der Waals surface area contributed by atoms with E-state index in [1.807, 2.05) is 17.7 Å². The molecule has 0 saturated heterocycles. The molecule has 1 aromatic carbocycles. The Balaban J connectivity index is 2.54. The quantitative estimate of drug-likeness (QED) is 0.485. The third-order valence-electron chi connectivity index (χ3n) is 2.71. The number of halogens is 1. The highest BCUT2D eigenvalue weighted by molar-refractivity contribution is 6.17. The van der Waals surface area contributed by atoms with Crippen LogP contribution in [0.15, 0.2) is 30.6 Å². The van der Waals surface area contributed by atoms with Crippen molar-refractivity contribution < 1.29 is 4.92 Å². The molecule has 0 radical (unpaired) electrons. The second-order valence-electron chi connectivity index (χ2n) is 3.77. The van der Waals surface area contributed by atoms with Crippen LogP contribution in [0.25, 0.3) is 5.69 Å². The van der Waals surface area contributed by atoms with E-state index in [2.05, 4.69) is 4.98 Å². The molecule has 2 aromatic rings. The summed E-state index contributed by atoms with van der Waals surface area (Å²) >= 11 is 5.86. The third-order valence-corrected chi connectivity index (χ3v) is 3.00. The molecule has 6 heteroatoms. The van der Waals surface area contributed by atoms with Gasteiger partial charge in [-0.1, -0.05) is 6.92 Å². The second-order valence-corrected chi connectivity index (χ2v) is 4.04. The largest absolute Gasteiger partial charge is 0.303 e. The second kappa shape index (κ2) is 5.18. The van der Waals surface area contributed by atoms with Crippen molar-refractivity contribution in [2.75, 3.05) is 0 Å². The highest BCUT2D eigenvalue weighted by Crippen LogP contribution is 2.23. The van der Waals surface area contributed by atoms with Crippen molar-refractivity contribution in [2.24, 2.45) is 0 Å². The Labute approximate surface area is 109 Å². The van der Waals surface area contributed by atoms with E-state index in [9.17, 15) is 10.1 Å². The van der Waals surface area contributed by atoms with E-state index in [1.165, 1.54) is 12.1 Å². The van der Waals surface area contributed by atoms with Gasteiger partial charge in [-0.05, 0) is 11.6 Å². The van der Waals surface area contributed by atoms with Gasteiger partial charge in [0, 0.05) is 36.8 Å². The van der Waals surface area contributed by atoms with Gasteiger partial charge in [0.2, 0.25) is 0 Å². The molecule has 1 heterocycles. The highest BCUT2D eigenvalue weighted by Gasteiger charge is 2.13. The van der Waals surface area contributed by atoms with E-state index in [1.54, 1.807) is 12.3 Å². The molecule has 94 valence electrons. The summed E-state index contributed by atoms with van der Waals surface area (Å²) in [6.07, 6.45) is 4.32. The number of hydrogen-bond acceptors (Lipinski definition) is 3. The predicted octanol–water partition coefficient (Wildman–Crippen LogP) is 3.08. The predicted molar refractivity (Wildman–Crippen MR) is 69.2 cm³/mol. The first kappa shape index (κ1) is 12.6. The van der Waals surface area contributed by atoms with Crippen LogP contribution in [0.3, 0.4) is 0 Å². The number of hydrogen-bond donors (Lipinski definition) is 0. The number of aryl methyl sites for hydroxylation is 1.